The molecule has 0 heterocycles. The third-order valence-corrected chi connectivity index (χ3v) is 0.337. The van der Waals surface area contributed by atoms with Gasteiger partial charge in [-0.05, 0) is 0 Å². The summed E-state index contributed by atoms with van der Waals surface area (Å²) in [5, 5.41) is 7.69. The van der Waals surface area contributed by atoms with E-state index in [-0.39, 0.29) is 6.42 Å². The van der Waals surface area contributed by atoms with Crippen molar-refractivity contribution < 1.29 is 9.50 Å². The molecule has 0 amide bonds. The van der Waals surface area contributed by atoms with Gasteiger partial charge in [0.15, 0.2) is 6.36 Å². The summed E-state index contributed by atoms with van der Waals surface area (Å²) in [4.78, 5) is 0. The summed E-state index contributed by atoms with van der Waals surface area (Å²) in [6.07, 6.45) is -1.42. The average molecular weight is 78.1 g/mol. The van der Waals surface area contributed by atoms with E-state index >= 15 is 0 Å². The van der Waals surface area contributed by atoms with Crippen LogP contribution in [0.2, 0.25) is 0 Å². The molecule has 0 aliphatic heterocycles. The fourth-order valence-corrected chi connectivity index (χ4v) is 0. The van der Waals surface area contributed by atoms with E-state index in [0.29, 0.717) is 0 Å². The Balaban J connectivity index is 2.54. The summed E-state index contributed by atoms with van der Waals surface area (Å²) < 4.78 is 11.0. The molecule has 0 aromatic heterocycles. The van der Waals surface area contributed by atoms with Crippen LogP contribution in [0, 0.1) is 0 Å². The Morgan fingerprint density at radius 1 is 2.00 bits per heavy atom. The molecule has 5 heavy (non-hydrogen) atoms. The van der Waals surface area contributed by atoms with Gasteiger partial charge in [-0.1, -0.05) is 6.92 Å². The Morgan fingerprint density at radius 2 is 2.20 bits per heavy atom. The van der Waals surface area contributed by atoms with E-state index in [4.69, 9.17) is 5.11 Å². The molecule has 1 nitrogen and oxygen atoms in total. The lowest BCUT2D eigenvalue weighted by Crippen LogP contribution is -1.90. The summed E-state index contributed by atoms with van der Waals surface area (Å²) in [5.74, 6) is 0. The minimum absolute atomic E-state index is 0.194. The Hall–Kier alpha value is -0.110. The van der Waals surface area contributed by atoms with E-state index < -0.39 is 6.36 Å². The van der Waals surface area contributed by atoms with Crippen molar-refractivity contribution in [3.05, 3.63) is 0 Å². The number of hydrogen-bond acceptors (Lipinski definition) is 1. The summed E-state index contributed by atoms with van der Waals surface area (Å²) in [7, 11) is 0. The molecular weight excluding hydrogens is 71.0 g/mol. The fraction of sp³-hybridized carbons (Fsp3) is 1.00. The topological polar surface area (TPSA) is 20.2 Å². The highest BCUT2D eigenvalue weighted by molar-refractivity contribution is 4.22. The first-order valence-electron chi connectivity index (χ1n) is 1.59. The second-order valence-corrected chi connectivity index (χ2v) is 0.843. The van der Waals surface area contributed by atoms with E-state index in [9.17, 15) is 4.39 Å². The van der Waals surface area contributed by atoms with Gasteiger partial charge in [0, 0.05) is 6.42 Å². The lowest BCUT2D eigenvalue weighted by molar-refractivity contribution is 0.0391. The van der Waals surface area contributed by atoms with Crippen LogP contribution in [-0.2, 0) is 0 Å². The van der Waals surface area contributed by atoms with Crippen LogP contribution in [0.25, 0.3) is 0 Å². The van der Waals surface area contributed by atoms with Gasteiger partial charge in [-0.2, -0.15) is 0 Å². The van der Waals surface area contributed by atoms with Gasteiger partial charge in [0.05, 0.1) is 0 Å². The zero-order chi connectivity index (χ0) is 4.28. The van der Waals surface area contributed by atoms with Crippen molar-refractivity contribution in [3.8, 4) is 0 Å². The smallest absolute Gasteiger partial charge is 0.196 e. The van der Waals surface area contributed by atoms with Crippen molar-refractivity contribution in [1.29, 1.82) is 0 Å². The van der Waals surface area contributed by atoms with Crippen molar-refractivity contribution in [3.63, 3.8) is 0 Å². The molecule has 2 heteroatoms. The zero-order valence-electron chi connectivity index (χ0n) is 3.11. The molecule has 0 saturated heterocycles. The molecule has 0 aromatic carbocycles. The highest BCUT2D eigenvalue weighted by Crippen LogP contribution is 1.85. The van der Waals surface area contributed by atoms with Crippen LogP contribution in [-0.4, -0.2) is 11.5 Å². The lowest BCUT2D eigenvalue weighted by atomic mass is 10.5. The van der Waals surface area contributed by atoms with Crippen molar-refractivity contribution in [2.24, 2.45) is 0 Å². The molecule has 0 rings (SSSR count). The Morgan fingerprint density at radius 3 is 2.20 bits per heavy atom. The molecule has 0 radical (unpaired) electrons. The second-order valence-electron chi connectivity index (χ2n) is 0.843. The highest BCUT2D eigenvalue weighted by Gasteiger charge is 1.87. The van der Waals surface area contributed by atoms with Gasteiger partial charge in [0.2, 0.25) is 0 Å². The molecule has 1 N–H and O–H groups in total. The molecule has 0 unspecified atom stereocenters. The Labute approximate surface area is 30.4 Å². The Kier molecular flexibility index (Phi) is 2.10. The number of aliphatic hydroxyl groups is 1. The van der Waals surface area contributed by atoms with Gasteiger partial charge in [-0.15, -0.1) is 0 Å². The highest BCUT2D eigenvalue weighted by atomic mass is 19.1. The van der Waals surface area contributed by atoms with Crippen LogP contribution in [0.3, 0.4) is 0 Å². The molecule has 0 aliphatic rings. The standard InChI is InChI=1S/C3H7FO/c1-2-3(4)5/h3,5H,2H2,1H3/t3-/m0/s1. The van der Waals surface area contributed by atoms with Gasteiger partial charge in [0.25, 0.3) is 0 Å². The summed E-state index contributed by atoms with van der Waals surface area (Å²) >= 11 is 0. The minimum Gasteiger partial charge on any atom is -0.364 e. The van der Waals surface area contributed by atoms with Crippen LogP contribution in [0.15, 0.2) is 0 Å². The van der Waals surface area contributed by atoms with E-state index in [0.717, 1.165) is 0 Å². The molecule has 0 spiro atoms. The van der Waals surface area contributed by atoms with E-state index in [1.54, 1.807) is 6.92 Å². The molecule has 32 valence electrons. The minimum atomic E-state index is -1.62. The van der Waals surface area contributed by atoms with Crippen LogP contribution in [0.5, 0.6) is 0 Å². The Bertz CT molecular complexity index is 20.9. The predicted molar refractivity (Wildman–Crippen MR) is 17.4 cm³/mol. The fourth-order valence-electron chi connectivity index (χ4n) is 0. The lowest BCUT2D eigenvalue weighted by Gasteiger charge is -1.85. The third kappa shape index (κ3) is 3.89. The number of hydrogen-bond donors (Lipinski definition) is 1. The monoisotopic (exact) mass is 78.0 g/mol. The molecule has 0 saturated carbocycles. The molecule has 0 bridgehead atoms. The summed E-state index contributed by atoms with van der Waals surface area (Å²) in [6.45, 7) is 1.57. The normalized spacial score (nSPS) is 15.0. The van der Waals surface area contributed by atoms with Crippen LogP contribution in [0.1, 0.15) is 13.3 Å². The van der Waals surface area contributed by atoms with Crippen molar-refractivity contribution in [2.75, 3.05) is 0 Å². The number of alkyl halides is 1. The SMILES string of the molecule is CC[C@H](O)F. The summed E-state index contributed by atoms with van der Waals surface area (Å²) in [5.41, 5.74) is 0. The summed E-state index contributed by atoms with van der Waals surface area (Å²) in [6, 6.07) is 0. The van der Waals surface area contributed by atoms with Gasteiger partial charge in [-0.25, -0.2) is 4.39 Å². The molecule has 1 atom stereocenters. The van der Waals surface area contributed by atoms with Crippen LogP contribution in [0.4, 0.5) is 4.39 Å². The average Bonchev–Trinajstić information content (AvgIpc) is 1.38. The van der Waals surface area contributed by atoms with Crippen LogP contribution >= 0.6 is 0 Å². The maximum absolute atomic E-state index is 11.0. The van der Waals surface area contributed by atoms with Crippen LogP contribution < -0.4 is 0 Å². The quantitative estimate of drug-likeness (QED) is 0.489. The van der Waals surface area contributed by atoms with Gasteiger partial charge in [-0.3, -0.25) is 0 Å². The largest absolute Gasteiger partial charge is 0.364 e. The number of halogens is 1. The van der Waals surface area contributed by atoms with E-state index in [1.807, 2.05) is 0 Å². The molecular formula is C3H7FO. The molecule has 0 fully saturated rings. The van der Waals surface area contributed by atoms with Crippen molar-refractivity contribution in [2.45, 2.75) is 19.7 Å². The van der Waals surface area contributed by atoms with E-state index in [1.165, 1.54) is 0 Å². The van der Waals surface area contributed by atoms with Crippen molar-refractivity contribution >= 4 is 0 Å². The number of rotatable bonds is 1. The maximum Gasteiger partial charge on any atom is 0.196 e. The zero-order valence-corrected chi connectivity index (χ0v) is 3.11. The third-order valence-electron chi connectivity index (χ3n) is 0.337. The first-order chi connectivity index (χ1) is 2.27. The predicted octanol–water partition coefficient (Wildman–Crippen LogP) is 0.684. The molecule has 0 aliphatic carbocycles. The first-order valence-corrected chi connectivity index (χ1v) is 1.59. The van der Waals surface area contributed by atoms with Gasteiger partial charge < -0.3 is 5.11 Å². The van der Waals surface area contributed by atoms with Gasteiger partial charge >= 0.3 is 0 Å². The first kappa shape index (κ1) is 4.89. The molecule has 0 aromatic rings. The maximum atomic E-state index is 11.0. The van der Waals surface area contributed by atoms with Crippen molar-refractivity contribution in [1.82, 2.24) is 0 Å². The second kappa shape index (κ2) is 2.15. The van der Waals surface area contributed by atoms with E-state index in [2.05, 4.69) is 0 Å². The van der Waals surface area contributed by atoms with Gasteiger partial charge in [0.1, 0.15) is 0 Å². The number of aliphatic hydroxyl groups excluding tert-OH is 1.